The van der Waals surface area contributed by atoms with Gasteiger partial charge in [0.1, 0.15) is 5.75 Å². The van der Waals surface area contributed by atoms with Gasteiger partial charge in [0.05, 0.1) is 17.1 Å². The summed E-state index contributed by atoms with van der Waals surface area (Å²) in [7, 11) is -3.82. The van der Waals surface area contributed by atoms with E-state index in [2.05, 4.69) is 5.32 Å². The number of nitrogens with zero attached hydrogens (tertiary/aromatic N) is 1. The highest BCUT2D eigenvalue weighted by Crippen LogP contribution is 2.37. The molecule has 2 aromatic rings. The van der Waals surface area contributed by atoms with Crippen LogP contribution in [-0.2, 0) is 14.8 Å². The van der Waals surface area contributed by atoms with Crippen molar-refractivity contribution in [3.05, 3.63) is 54.1 Å². The molecule has 0 aromatic heterocycles. The zero-order chi connectivity index (χ0) is 20.4. The lowest BCUT2D eigenvalue weighted by Crippen LogP contribution is -2.52. The number of benzene rings is 2. The molecule has 2 aromatic carbocycles. The minimum absolute atomic E-state index is 0.0498. The molecular weight excluding hydrogens is 388 g/mol. The Bertz CT molecular complexity index is 982. The molecule has 1 N–H and O–H groups in total. The summed E-state index contributed by atoms with van der Waals surface area (Å²) < 4.78 is 33.9. The summed E-state index contributed by atoms with van der Waals surface area (Å²) in [5, 5.41) is 3.05. The molecule has 6 nitrogen and oxygen atoms in total. The summed E-state index contributed by atoms with van der Waals surface area (Å²) in [5.41, 5.74) is 1.44. The molecule has 0 radical (unpaired) electrons. The number of nitrogens with one attached hydrogen (secondary N) is 1. The van der Waals surface area contributed by atoms with Crippen LogP contribution in [0.15, 0.2) is 53.4 Å². The van der Waals surface area contributed by atoms with E-state index < -0.39 is 16.1 Å². The first-order chi connectivity index (χ1) is 13.9. The lowest BCUT2D eigenvalue weighted by atomic mass is 9.95. The van der Waals surface area contributed by atoms with Gasteiger partial charge in [0.25, 0.3) is 15.9 Å². The number of hydrogen-bond donors (Lipinski definition) is 1. The van der Waals surface area contributed by atoms with Crippen molar-refractivity contribution in [2.45, 2.75) is 56.1 Å². The molecule has 2 aliphatic rings. The Morgan fingerprint density at radius 2 is 1.72 bits per heavy atom. The molecule has 1 atom stereocenters. The van der Waals surface area contributed by atoms with Crippen molar-refractivity contribution in [3.8, 4) is 5.75 Å². The van der Waals surface area contributed by atoms with Crippen LogP contribution in [0.5, 0.6) is 5.75 Å². The maximum Gasteiger partial charge on any atom is 0.264 e. The number of rotatable bonds is 4. The highest BCUT2D eigenvalue weighted by molar-refractivity contribution is 7.92. The van der Waals surface area contributed by atoms with Crippen molar-refractivity contribution in [2.24, 2.45) is 0 Å². The molecule has 1 amide bonds. The molecule has 1 aliphatic heterocycles. The zero-order valence-electron chi connectivity index (χ0n) is 16.5. The van der Waals surface area contributed by atoms with Crippen LogP contribution in [0, 0.1) is 6.92 Å². The van der Waals surface area contributed by atoms with Crippen LogP contribution in [0.2, 0.25) is 0 Å². The summed E-state index contributed by atoms with van der Waals surface area (Å²) in [6.07, 6.45) is 4.44. The number of fused-ring (bicyclic) bond motifs is 1. The summed E-state index contributed by atoms with van der Waals surface area (Å²) in [6, 6.07) is 13.8. The second-order valence-corrected chi connectivity index (χ2v) is 9.63. The van der Waals surface area contributed by atoms with Crippen LogP contribution >= 0.6 is 0 Å². The highest BCUT2D eigenvalue weighted by Gasteiger charge is 2.38. The van der Waals surface area contributed by atoms with Crippen LogP contribution in [0.4, 0.5) is 5.69 Å². The molecule has 1 heterocycles. The first-order valence-electron chi connectivity index (χ1n) is 10.1. The number of hydrogen-bond acceptors (Lipinski definition) is 4. The van der Waals surface area contributed by atoms with Crippen molar-refractivity contribution in [1.29, 1.82) is 0 Å². The van der Waals surface area contributed by atoms with Gasteiger partial charge in [0, 0.05) is 6.04 Å². The van der Waals surface area contributed by atoms with Gasteiger partial charge in [-0.2, -0.15) is 0 Å². The number of carbonyl (C=O) groups excluding carboxylic acids is 1. The topological polar surface area (TPSA) is 75.7 Å². The Labute approximate surface area is 171 Å². The van der Waals surface area contributed by atoms with Gasteiger partial charge in [-0.15, -0.1) is 0 Å². The van der Waals surface area contributed by atoms with E-state index in [0.717, 1.165) is 31.2 Å². The van der Waals surface area contributed by atoms with Crippen LogP contribution in [0.25, 0.3) is 0 Å². The molecule has 29 heavy (non-hydrogen) atoms. The van der Waals surface area contributed by atoms with Crippen molar-refractivity contribution in [3.63, 3.8) is 0 Å². The quantitative estimate of drug-likeness (QED) is 0.832. The van der Waals surface area contributed by atoms with Gasteiger partial charge in [-0.05, 0) is 44.0 Å². The van der Waals surface area contributed by atoms with E-state index in [0.29, 0.717) is 11.4 Å². The normalized spacial score (nSPS) is 19.9. The molecular formula is C22H26N2O4S. The minimum Gasteiger partial charge on any atom is -0.476 e. The average Bonchev–Trinajstić information content (AvgIpc) is 2.74. The Morgan fingerprint density at radius 3 is 2.45 bits per heavy atom. The Morgan fingerprint density at radius 1 is 1.03 bits per heavy atom. The van der Waals surface area contributed by atoms with E-state index in [1.165, 1.54) is 10.7 Å². The fourth-order valence-electron chi connectivity index (χ4n) is 3.94. The Balaban J connectivity index is 1.62. The molecule has 154 valence electrons. The van der Waals surface area contributed by atoms with E-state index in [-0.39, 0.29) is 23.4 Å². The van der Waals surface area contributed by atoms with Crippen molar-refractivity contribution in [1.82, 2.24) is 5.32 Å². The predicted octanol–water partition coefficient (Wildman–Crippen LogP) is 3.40. The van der Waals surface area contributed by atoms with E-state index in [4.69, 9.17) is 4.74 Å². The number of sulfonamides is 1. The monoisotopic (exact) mass is 414 g/mol. The first kappa shape index (κ1) is 19.8. The molecule has 0 spiro atoms. The van der Waals surface area contributed by atoms with Gasteiger partial charge >= 0.3 is 0 Å². The van der Waals surface area contributed by atoms with E-state index in [9.17, 15) is 13.2 Å². The second-order valence-electron chi connectivity index (χ2n) is 7.77. The third-order valence-electron chi connectivity index (χ3n) is 5.59. The summed E-state index contributed by atoms with van der Waals surface area (Å²) >= 11 is 0. The minimum atomic E-state index is -3.82. The van der Waals surface area contributed by atoms with E-state index >= 15 is 0 Å². The maximum atomic E-state index is 13.4. The van der Waals surface area contributed by atoms with Crippen LogP contribution in [0.1, 0.15) is 37.7 Å². The second kappa shape index (κ2) is 8.06. The first-order valence-corrected chi connectivity index (χ1v) is 11.5. The molecule has 0 unspecified atom stereocenters. The lowest BCUT2D eigenvalue weighted by molar-refractivity contribution is -0.128. The number of ether oxygens (including phenoxy) is 1. The number of amides is 1. The van der Waals surface area contributed by atoms with Crippen molar-refractivity contribution >= 4 is 21.6 Å². The number of carbonyl (C=O) groups is 1. The fraction of sp³-hybridized carbons (Fsp3) is 0.409. The third kappa shape index (κ3) is 4.10. The summed E-state index contributed by atoms with van der Waals surface area (Å²) in [5.74, 6) is 0.147. The van der Waals surface area contributed by atoms with Gasteiger partial charge in [-0.1, -0.05) is 49.1 Å². The fourth-order valence-corrected chi connectivity index (χ4v) is 5.42. The van der Waals surface area contributed by atoms with Crippen molar-refractivity contribution in [2.75, 3.05) is 10.8 Å². The predicted molar refractivity (Wildman–Crippen MR) is 112 cm³/mol. The van der Waals surface area contributed by atoms with E-state index in [1.54, 1.807) is 48.5 Å². The van der Waals surface area contributed by atoms with Crippen molar-refractivity contribution < 1.29 is 17.9 Å². The lowest BCUT2D eigenvalue weighted by Gasteiger charge is -2.35. The molecule has 1 aliphatic carbocycles. The van der Waals surface area contributed by atoms with Crippen LogP contribution in [-0.4, -0.2) is 33.0 Å². The van der Waals surface area contributed by atoms with Gasteiger partial charge in [0.15, 0.2) is 6.10 Å². The Kier molecular flexibility index (Phi) is 5.50. The van der Waals surface area contributed by atoms with Crippen LogP contribution < -0.4 is 14.4 Å². The average molecular weight is 415 g/mol. The molecule has 7 heteroatoms. The number of para-hydroxylation sites is 2. The SMILES string of the molecule is Cc1ccc(S(=O)(=O)N2C[C@H](C(=O)NC3CCCCC3)Oc3ccccc32)cc1. The van der Waals surface area contributed by atoms with Gasteiger partial charge in [-0.3, -0.25) is 9.10 Å². The standard InChI is InChI=1S/C22H26N2O4S/c1-16-11-13-18(14-12-16)29(26,27)24-15-21(28-20-10-6-5-9-19(20)24)22(25)23-17-7-3-2-4-8-17/h5-6,9-14,17,21H,2-4,7-8,15H2,1H3,(H,23,25)/t21-/m1/s1. The molecule has 1 fully saturated rings. The number of anilines is 1. The zero-order valence-corrected chi connectivity index (χ0v) is 17.3. The molecule has 4 rings (SSSR count). The van der Waals surface area contributed by atoms with Gasteiger partial charge in [0.2, 0.25) is 0 Å². The molecule has 0 bridgehead atoms. The highest BCUT2D eigenvalue weighted by atomic mass is 32.2. The largest absolute Gasteiger partial charge is 0.476 e. The summed E-state index contributed by atoms with van der Waals surface area (Å²) in [4.78, 5) is 13.1. The molecule has 1 saturated carbocycles. The maximum absolute atomic E-state index is 13.4. The smallest absolute Gasteiger partial charge is 0.264 e. The van der Waals surface area contributed by atoms with Gasteiger partial charge < -0.3 is 10.1 Å². The molecule has 0 saturated heterocycles. The Hall–Kier alpha value is -2.54. The third-order valence-corrected chi connectivity index (χ3v) is 7.38. The van der Waals surface area contributed by atoms with E-state index in [1.807, 2.05) is 6.92 Å². The summed E-state index contributed by atoms with van der Waals surface area (Å²) in [6.45, 7) is 1.86. The number of aryl methyl sites for hydroxylation is 1. The van der Waals surface area contributed by atoms with Gasteiger partial charge in [-0.25, -0.2) is 8.42 Å². The van der Waals surface area contributed by atoms with Crippen LogP contribution in [0.3, 0.4) is 0 Å².